The molecule has 1 aliphatic rings. The van der Waals surface area contributed by atoms with Crippen molar-refractivity contribution in [2.75, 3.05) is 37.4 Å². The molecule has 1 amide bonds. The van der Waals surface area contributed by atoms with E-state index in [2.05, 4.69) is 17.1 Å². The third kappa shape index (κ3) is 5.98. The van der Waals surface area contributed by atoms with Gasteiger partial charge < -0.3 is 14.8 Å². The topological polar surface area (TPSA) is 85.7 Å². The summed E-state index contributed by atoms with van der Waals surface area (Å²) in [6, 6.07) is 14.7. The fraction of sp³-hybridized carbons (Fsp3) is 0.345. The van der Waals surface area contributed by atoms with Crippen LogP contribution >= 0.6 is 23.1 Å². The lowest BCUT2D eigenvalue weighted by molar-refractivity contribution is -0.113. The predicted molar refractivity (Wildman–Crippen MR) is 158 cm³/mol. The van der Waals surface area contributed by atoms with Crippen molar-refractivity contribution in [2.45, 2.75) is 38.9 Å². The number of hydrogen-bond acceptors (Lipinski definition) is 8. The van der Waals surface area contributed by atoms with Gasteiger partial charge in [0.25, 0.3) is 5.56 Å². The molecule has 0 saturated carbocycles. The molecule has 0 spiro atoms. The Hall–Kier alpha value is -3.34. The fourth-order valence-electron chi connectivity index (χ4n) is 4.66. The Labute approximate surface area is 236 Å². The molecular weight excluding hydrogens is 532 g/mol. The zero-order valence-corrected chi connectivity index (χ0v) is 24.0. The summed E-state index contributed by atoms with van der Waals surface area (Å²) < 4.78 is 12.7. The van der Waals surface area contributed by atoms with E-state index < -0.39 is 0 Å². The van der Waals surface area contributed by atoms with Crippen LogP contribution in [0.3, 0.4) is 0 Å². The SMILES string of the molecule is CCOc1ccc(NC(=O)CSc2nc3sc4c(c3c(=O)n2-c2ccc(OCC)cc2)CCN(CC)C4)cc1. The molecule has 10 heteroatoms. The van der Waals surface area contributed by atoms with Gasteiger partial charge in [-0.15, -0.1) is 11.3 Å². The number of carbonyl (C=O) groups excluding carboxylic acids is 1. The molecule has 0 saturated heterocycles. The Kier molecular flexibility index (Phi) is 8.54. The van der Waals surface area contributed by atoms with Gasteiger partial charge in [-0.25, -0.2) is 4.98 Å². The van der Waals surface area contributed by atoms with Crippen molar-refractivity contribution in [3.8, 4) is 17.2 Å². The van der Waals surface area contributed by atoms with Crippen molar-refractivity contribution >= 4 is 44.9 Å². The number of nitrogens with one attached hydrogen (secondary N) is 1. The van der Waals surface area contributed by atoms with Crippen LogP contribution in [0.5, 0.6) is 11.5 Å². The number of amides is 1. The number of rotatable bonds is 10. The standard InChI is InChI=1S/C29H32N4O4S2/c1-4-32-16-15-23-24(17-32)39-27-26(23)28(35)33(20-9-13-22(14-10-20)37-6-3)29(31-27)38-18-25(34)30-19-7-11-21(12-8-19)36-5-2/h7-14H,4-6,15-18H2,1-3H3,(H,30,34). The number of thioether (sulfide) groups is 1. The highest BCUT2D eigenvalue weighted by molar-refractivity contribution is 7.99. The number of fused-ring (bicyclic) bond motifs is 3. The number of anilines is 1. The summed E-state index contributed by atoms with van der Waals surface area (Å²) in [6.45, 7) is 9.90. The summed E-state index contributed by atoms with van der Waals surface area (Å²) in [5.41, 5.74) is 2.39. The molecule has 5 rings (SSSR count). The summed E-state index contributed by atoms with van der Waals surface area (Å²) in [5, 5.41) is 4.10. The lowest BCUT2D eigenvalue weighted by Gasteiger charge is -2.25. The summed E-state index contributed by atoms with van der Waals surface area (Å²) in [4.78, 5) is 36.1. The molecule has 0 unspecified atom stereocenters. The van der Waals surface area contributed by atoms with Crippen molar-refractivity contribution in [2.24, 2.45) is 0 Å². The minimum Gasteiger partial charge on any atom is -0.494 e. The fourth-order valence-corrected chi connectivity index (χ4v) is 6.77. The van der Waals surface area contributed by atoms with Crippen LogP contribution in [0.1, 0.15) is 31.2 Å². The van der Waals surface area contributed by atoms with Crippen molar-refractivity contribution in [3.05, 3.63) is 69.3 Å². The van der Waals surface area contributed by atoms with Crippen molar-refractivity contribution in [1.29, 1.82) is 0 Å². The van der Waals surface area contributed by atoms with Gasteiger partial charge in [-0.2, -0.15) is 0 Å². The van der Waals surface area contributed by atoms with E-state index in [0.29, 0.717) is 35.1 Å². The zero-order chi connectivity index (χ0) is 27.4. The molecule has 39 heavy (non-hydrogen) atoms. The van der Waals surface area contributed by atoms with Crippen LogP contribution < -0.4 is 20.3 Å². The zero-order valence-electron chi connectivity index (χ0n) is 22.4. The molecule has 0 radical (unpaired) electrons. The number of carbonyl (C=O) groups is 1. The first-order valence-corrected chi connectivity index (χ1v) is 15.0. The molecule has 2 aromatic heterocycles. The monoisotopic (exact) mass is 564 g/mol. The molecule has 0 aliphatic carbocycles. The quantitative estimate of drug-likeness (QED) is 0.205. The molecule has 204 valence electrons. The average molecular weight is 565 g/mol. The number of nitrogens with zero attached hydrogens (tertiary/aromatic N) is 3. The smallest absolute Gasteiger partial charge is 0.267 e. The van der Waals surface area contributed by atoms with E-state index in [4.69, 9.17) is 14.5 Å². The Morgan fingerprint density at radius 3 is 2.33 bits per heavy atom. The molecule has 1 N–H and O–H groups in total. The minimum absolute atomic E-state index is 0.0963. The molecule has 2 aromatic carbocycles. The summed E-state index contributed by atoms with van der Waals surface area (Å²) in [7, 11) is 0. The molecule has 0 atom stereocenters. The second-order valence-electron chi connectivity index (χ2n) is 9.06. The maximum absolute atomic E-state index is 14.0. The van der Waals surface area contributed by atoms with Crippen molar-refractivity contribution in [1.82, 2.24) is 14.5 Å². The largest absolute Gasteiger partial charge is 0.494 e. The Bertz CT molecular complexity index is 1510. The van der Waals surface area contributed by atoms with E-state index in [0.717, 1.165) is 47.9 Å². The van der Waals surface area contributed by atoms with E-state index in [9.17, 15) is 9.59 Å². The highest BCUT2D eigenvalue weighted by atomic mass is 32.2. The third-order valence-corrected chi connectivity index (χ3v) is 8.61. The van der Waals surface area contributed by atoms with Gasteiger partial charge in [0.2, 0.25) is 5.91 Å². The van der Waals surface area contributed by atoms with E-state index in [1.807, 2.05) is 62.4 Å². The van der Waals surface area contributed by atoms with Gasteiger partial charge in [-0.1, -0.05) is 18.7 Å². The second kappa shape index (κ2) is 12.2. The Morgan fingerprint density at radius 1 is 1.03 bits per heavy atom. The molecule has 0 fully saturated rings. The number of ether oxygens (including phenoxy) is 2. The second-order valence-corrected chi connectivity index (χ2v) is 11.1. The lowest BCUT2D eigenvalue weighted by atomic mass is 10.1. The summed E-state index contributed by atoms with van der Waals surface area (Å²) in [6.07, 6.45) is 0.834. The average Bonchev–Trinajstić information content (AvgIpc) is 3.32. The number of hydrogen-bond donors (Lipinski definition) is 1. The number of aromatic nitrogens is 2. The lowest BCUT2D eigenvalue weighted by Crippen LogP contribution is -2.30. The van der Waals surface area contributed by atoms with Crippen LogP contribution in [0.4, 0.5) is 5.69 Å². The number of thiophene rings is 1. The Morgan fingerprint density at radius 2 is 1.69 bits per heavy atom. The van der Waals surface area contributed by atoms with E-state index in [1.165, 1.54) is 16.6 Å². The van der Waals surface area contributed by atoms with E-state index in [-0.39, 0.29) is 17.2 Å². The molecule has 3 heterocycles. The summed E-state index contributed by atoms with van der Waals surface area (Å²) >= 11 is 2.85. The maximum atomic E-state index is 14.0. The highest BCUT2D eigenvalue weighted by Crippen LogP contribution is 2.34. The van der Waals surface area contributed by atoms with Gasteiger partial charge in [-0.3, -0.25) is 19.1 Å². The van der Waals surface area contributed by atoms with Crippen LogP contribution in [-0.4, -0.2) is 52.4 Å². The molecule has 4 aromatic rings. The first-order chi connectivity index (χ1) is 19.0. The van der Waals surface area contributed by atoms with Gasteiger partial charge in [0.05, 0.1) is 30.0 Å². The predicted octanol–water partition coefficient (Wildman–Crippen LogP) is 5.35. The van der Waals surface area contributed by atoms with Crippen LogP contribution in [0, 0.1) is 0 Å². The molecule has 0 bridgehead atoms. The van der Waals surface area contributed by atoms with Crippen LogP contribution in [0.25, 0.3) is 15.9 Å². The van der Waals surface area contributed by atoms with Gasteiger partial charge in [-0.05, 0) is 80.9 Å². The van der Waals surface area contributed by atoms with Gasteiger partial charge in [0, 0.05) is 23.7 Å². The van der Waals surface area contributed by atoms with Crippen molar-refractivity contribution in [3.63, 3.8) is 0 Å². The van der Waals surface area contributed by atoms with Gasteiger partial charge in [0.15, 0.2) is 5.16 Å². The first kappa shape index (κ1) is 27.2. The van der Waals surface area contributed by atoms with Crippen LogP contribution in [-0.2, 0) is 17.8 Å². The van der Waals surface area contributed by atoms with Crippen LogP contribution in [0.15, 0.2) is 58.5 Å². The number of benzene rings is 2. The molecular formula is C29H32N4O4S2. The summed E-state index contributed by atoms with van der Waals surface area (Å²) in [5.74, 6) is 1.42. The highest BCUT2D eigenvalue weighted by Gasteiger charge is 2.25. The minimum atomic E-state index is -0.180. The molecule has 8 nitrogen and oxygen atoms in total. The van der Waals surface area contributed by atoms with Gasteiger partial charge >= 0.3 is 0 Å². The van der Waals surface area contributed by atoms with Gasteiger partial charge in [0.1, 0.15) is 16.3 Å². The third-order valence-electron chi connectivity index (χ3n) is 6.56. The van der Waals surface area contributed by atoms with E-state index in [1.54, 1.807) is 15.9 Å². The van der Waals surface area contributed by atoms with E-state index >= 15 is 0 Å². The van der Waals surface area contributed by atoms with Crippen LogP contribution in [0.2, 0.25) is 0 Å². The first-order valence-electron chi connectivity index (χ1n) is 13.2. The van der Waals surface area contributed by atoms with Crippen molar-refractivity contribution < 1.29 is 14.3 Å². The normalized spacial score (nSPS) is 13.3. The number of likely N-dealkylation sites (N-methyl/N-ethyl adjacent to an activating group) is 1. The Balaban J connectivity index is 1.46. The maximum Gasteiger partial charge on any atom is 0.267 e. The molecule has 1 aliphatic heterocycles.